The number of likely N-dealkylation sites (N-methyl/N-ethyl adjacent to an activating group) is 1. The highest BCUT2D eigenvalue weighted by atomic mass is 32.1. The fraction of sp³-hybridized carbons (Fsp3) is 0.286. The van der Waals surface area contributed by atoms with E-state index in [2.05, 4.69) is 63.8 Å². The SMILES string of the molecule is Cc1cc([C@H]2[C@H](c3ccccn3)NC(=S)N2C)c(C)n1Cc1cccnc1. The zero-order chi connectivity index (χ0) is 19.0. The average Bonchev–Trinajstić information content (AvgIpc) is 3.13. The summed E-state index contributed by atoms with van der Waals surface area (Å²) in [5.41, 5.74) is 5.96. The molecule has 0 bridgehead atoms. The van der Waals surface area contributed by atoms with Crippen LogP contribution >= 0.6 is 12.2 Å². The number of thiocarbonyl (C=S) groups is 1. The molecule has 2 atom stereocenters. The highest BCUT2D eigenvalue weighted by Crippen LogP contribution is 2.39. The van der Waals surface area contributed by atoms with E-state index in [4.69, 9.17) is 12.2 Å². The van der Waals surface area contributed by atoms with Gasteiger partial charge in [-0.15, -0.1) is 0 Å². The summed E-state index contributed by atoms with van der Waals surface area (Å²) < 4.78 is 2.34. The van der Waals surface area contributed by atoms with Crippen LogP contribution in [0.5, 0.6) is 0 Å². The van der Waals surface area contributed by atoms with Crippen molar-refractivity contribution in [2.45, 2.75) is 32.5 Å². The molecule has 1 N–H and O–H groups in total. The van der Waals surface area contributed by atoms with Crippen LogP contribution in [0.2, 0.25) is 0 Å². The molecular formula is C21H23N5S. The van der Waals surface area contributed by atoms with Crippen LogP contribution < -0.4 is 5.32 Å². The van der Waals surface area contributed by atoms with Crippen LogP contribution in [0.15, 0.2) is 55.0 Å². The zero-order valence-electron chi connectivity index (χ0n) is 15.8. The molecule has 4 rings (SSSR count). The van der Waals surface area contributed by atoms with Crippen LogP contribution in [0.4, 0.5) is 0 Å². The van der Waals surface area contributed by atoms with Crippen LogP contribution in [-0.2, 0) is 6.54 Å². The molecule has 1 aliphatic heterocycles. The van der Waals surface area contributed by atoms with Crippen molar-refractivity contribution in [2.24, 2.45) is 0 Å². The van der Waals surface area contributed by atoms with Crippen LogP contribution in [0, 0.1) is 13.8 Å². The van der Waals surface area contributed by atoms with Gasteiger partial charge in [0.05, 0.1) is 17.8 Å². The molecule has 0 aliphatic carbocycles. The second kappa shape index (κ2) is 7.12. The van der Waals surface area contributed by atoms with E-state index >= 15 is 0 Å². The minimum atomic E-state index is 0.0380. The quantitative estimate of drug-likeness (QED) is 0.705. The van der Waals surface area contributed by atoms with Gasteiger partial charge < -0.3 is 14.8 Å². The summed E-state index contributed by atoms with van der Waals surface area (Å²) in [7, 11) is 2.05. The van der Waals surface area contributed by atoms with E-state index < -0.39 is 0 Å². The van der Waals surface area contributed by atoms with Crippen molar-refractivity contribution in [2.75, 3.05) is 7.05 Å². The van der Waals surface area contributed by atoms with Crippen molar-refractivity contribution in [1.82, 2.24) is 24.8 Å². The number of pyridine rings is 2. The number of rotatable bonds is 4. The molecule has 27 heavy (non-hydrogen) atoms. The Morgan fingerprint density at radius 2 is 2.00 bits per heavy atom. The first-order valence-electron chi connectivity index (χ1n) is 9.06. The molecule has 3 aromatic rings. The van der Waals surface area contributed by atoms with E-state index in [-0.39, 0.29) is 12.1 Å². The monoisotopic (exact) mass is 377 g/mol. The van der Waals surface area contributed by atoms with Crippen molar-refractivity contribution in [1.29, 1.82) is 0 Å². The second-order valence-electron chi connectivity index (χ2n) is 7.01. The van der Waals surface area contributed by atoms with Gasteiger partial charge in [-0.3, -0.25) is 9.97 Å². The van der Waals surface area contributed by atoms with Gasteiger partial charge in [0.2, 0.25) is 0 Å². The molecule has 0 saturated carbocycles. The Labute approximate surface area is 165 Å². The van der Waals surface area contributed by atoms with E-state index in [1.54, 1.807) is 0 Å². The minimum Gasteiger partial charge on any atom is -0.352 e. The third kappa shape index (κ3) is 3.21. The Balaban J connectivity index is 1.73. The fourth-order valence-electron chi connectivity index (χ4n) is 3.89. The Morgan fingerprint density at radius 3 is 2.70 bits per heavy atom. The summed E-state index contributed by atoms with van der Waals surface area (Å²) in [6.07, 6.45) is 5.57. The lowest BCUT2D eigenvalue weighted by atomic mass is 9.97. The van der Waals surface area contributed by atoms with E-state index in [0.29, 0.717) is 0 Å². The Hall–Kier alpha value is -2.73. The van der Waals surface area contributed by atoms with E-state index in [1.807, 2.05) is 36.8 Å². The maximum Gasteiger partial charge on any atom is 0.169 e. The molecule has 0 unspecified atom stereocenters. The van der Waals surface area contributed by atoms with Crippen molar-refractivity contribution in [3.05, 3.63) is 83.2 Å². The van der Waals surface area contributed by atoms with Gasteiger partial charge >= 0.3 is 0 Å². The Morgan fingerprint density at radius 1 is 1.15 bits per heavy atom. The lowest BCUT2D eigenvalue weighted by molar-refractivity contribution is 0.366. The summed E-state index contributed by atoms with van der Waals surface area (Å²) in [4.78, 5) is 11.0. The van der Waals surface area contributed by atoms with Crippen LogP contribution in [0.3, 0.4) is 0 Å². The molecule has 1 saturated heterocycles. The van der Waals surface area contributed by atoms with Crippen molar-refractivity contribution >= 4 is 17.3 Å². The largest absolute Gasteiger partial charge is 0.352 e. The third-order valence-corrected chi connectivity index (χ3v) is 5.74. The molecule has 1 aliphatic rings. The second-order valence-corrected chi connectivity index (χ2v) is 7.40. The molecule has 1 fully saturated rings. The molecule has 0 amide bonds. The molecular weight excluding hydrogens is 354 g/mol. The number of nitrogens with one attached hydrogen (secondary N) is 1. The van der Waals surface area contributed by atoms with Gasteiger partial charge in [-0.1, -0.05) is 12.1 Å². The number of hydrogen-bond acceptors (Lipinski definition) is 3. The number of aryl methyl sites for hydroxylation is 1. The Bertz CT molecular complexity index is 951. The topological polar surface area (TPSA) is 46.0 Å². The third-order valence-electron chi connectivity index (χ3n) is 5.33. The lowest BCUT2D eigenvalue weighted by Gasteiger charge is -2.24. The maximum atomic E-state index is 5.56. The molecule has 4 heterocycles. The summed E-state index contributed by atoms with van der Waals surface area (Å²) >= 11 is 5.56. The molecule has 5 nitrogen and oxygen atoms in total. The van der Waals surface area contributed by atoms with Gasteiger partial charge in [-0.05, 0) is 61.5 Å². The predicted octanol–water partition coefficient (Wildman–Crippen LogP) is 3.55. The minimum absolute atomic E-state index is 0.0380. The van der Waals surface area contributed by atoms with Crippen LogP contribution in [-0.4, -0.2) is 31.6 Å². The highest BCUT2D eigenvalue weighted by molar-refractivity contribution is 7.80. The highest BCUT2D eigenvalue weighted by Gasteiger charge is 2.39. The molecule has 6 heteroatoms. The van der Waals surface area contributed by atoms with Crippen molar-refractivity contribution in [3.8, 4) is 0 Å². The zero-order valence-corrected chi connectivity index (χ0v) is 16.6. The predicted molar refractivity (Wildman–Crippen MR) is 110 cm³/mol. The van der Waals surface area contributed by atoms with Gasteiger partial charge in [0.1, 0.15) is 0 Å². The lowest BCUT2D eigenvalue weighted by Crippen LogP contribution is -2.25. The number of aromatic nitrogens is 3. The smallest absolute Gasteiger partial charge is 0.169 e. The van der Waals surface area contributed by atoms with Gasteiger partial charge in [0.25, 0.3) is 0 Å². The first-order valence-corrected chi connectivity index (χ1v) is 9.47. The molecule has 138 valence electrons. The Kier molecular flexibility index (Phi) is 4.66. The van der Waals surface area contributed by atoms with Crippen molar-refractivity contribution < 1.29 is 0 Å². The molecule has 0 spiro atoms. The van der Waals surface area contributed by atoms with Crippen LogP contribution in [0.25, 0.3) is 0 Å². The van der Waals surface area contributed by atoms with Gasteiger partial charge in [0, 0.05) is 43.6 Å². The van der Waals surface area contributed by atoms with Gasteiger partial charge in [0.15, 0.2) is 5.11 Å². The van der Waals surface area contributed by atoms with Gasteiger partial charge in [-0.25, -0.2) is 0 Å². The first-order chi connectivity index (χ1) is 13.1. The summed E-state index contributed by atoms with van der Waals surface area (Å²) in [6.45, 7) is 5.15. The number of nitrogens with zero attached hydrogens (tertiary/aromatic N) is 4. The maximum absolute atomic E-state index is 5.56. The summed E-state index contributed by atoms with van der Waals surface area (Å²) in [6, 6.07) is 12.5. The van der Waals surface area contributed by atoms with E-state index in [1.165, 1.54) is 22.5 Å². The normalized spacial score (nSPS) is 19.4. The standard InChI is InChI=1S/C21H23N5S/c1-14-11-17(15(2)26(14)13-16-7-6-9-22-12-16)20-19(24-21(27)25(20)3)18-8-4-5-10-23-18/h4-12,19-20H,13H2,1-3H3,(H,24,27)/t19-,20-/m0/s1. The molecule has 0 aromatic carbocycles. The first kappa shape index (κ1) is 17.7. The van der Waals surface area contributed by atoms with Crippen LogP contribution in [0.1, 0.15) is 40.3 Å². The van der Waals surface area contributed by atoms with Crippen molar-refractivity contribution in [3.63, 3.8) is 0 Å². The number of hydrogen-bond donors (Lipinski definition) is 1. The molecule has 3 aromatic heterocycles. The average molecular weight is 378 g/mol. The molecule has 0 radical (unpaired) electrons. The van der Waals surface area contributed by atoms with E-state index in [9.17, 15) is 0 Å². The van der Waals surface area contributed by atoms with E-state index in [0.717, 1.165) is 17.4 Å². The summed E-state index contributed by atoms with van der Waals surface area (Å²) in [5, 5.41) is 4.21. The van der Waals surface area contributed by atoms with Gasteiger partial charge in [-0.2, -0.15) is 0 Å². The summed E-state index contributed by atoms with van der Waals surface area (Å²) in [5.74, 6) is 0. The fourth-order valence-corrected chi connectivity index (χ4v) is 4.13.